The summed E-state index contributed by atoms with van der Waals surface area (Å²) in [5.74, 6) is 0.950. The van der Waals surface area contributed by atoms with Gasteiger partial charge in [-0.1, -0.05) is 0 Å². The molecule has 29 heavy (non-hydrogen) atoms. The predicted molar refractivity (Wildman–Crippen MR) is 108 cm³/mol. The van der Waals surface area contributed by atoms with Gasteiger partial charge >= 0.3 is 0 Å². The molecule has 0 radical (unpaired) electrons. The smallest absolute Gasteiger partial charge is 0.240 e. The zero-order chi connectivity index (χ0) is 20.4. The van der Waals surface area contributed by atoms with Gasteiger partial charge in [0.1, 0.15) is 30.3 Å². The van der Waals surface area contributed by atoms with Gasteiger partial charge < -0.3 is 25.2 Å². The van der Waals surface area contributed by atoms with E-state index < -0.39 is 6.10 Å². The molecular formula is C20H23FN6O2. The van der Waals surface area contributed by atoms with E-state index in [9.17, 15) is 14.3 Å². The number of aliphatic hydroxyl groups is 1. The van der Waals surface area contributed by atoms with Crippen LogP contribution in [-0.4, -0.2) is 57.8 Å². The van der Waals surface area contributed by atoms with Crippen molar-refractivity contribution in [1.82, 2.24) is 19.9 Å². The summed E-state index contributed by atoms with van der Waals surface area (Å²) in [6, 6.07) is 8.04. The highest BCUT2D eigenvalue weighted by Crippen LogP contribution is 2.25. The number of halogens is 1. The van der Waals surface area contributed by atoms with Crippen molar-refractivity contribution in [2.45, 2.75) is 25.1 Å². The average molecular weight is 398 g/mol. The summed E-state index contributed by atoms with van der Waals surface area (Å²) < 4.78 is 15.1. The minimum Gasteiger partial charge on any atom is -0.391 e. The predicted octanol–water partition coefficient (Wildman–Crippen LogP) is 1.37. The first-order valence-corrected chi connectivity index (χ1v) is 9.49. The number of benzene rings is 1. The normalized spacial score (nSPS) is 18.9. The number of fused-ring (bicyclic) bond motifs is 1. The summed E-state index contributed by atoms with van der Waals surface area (Å²) in [4.78, 5) is 22.9. The summed E-state index contributed by atoms with van der Waals surface area (Å²) in [6.07, 6.45) is 3.31. The van der Waals surface area contributed by atoms with Gasteiger partial charge in [-0.2, -0.15) is 0 Å². The van der Waals surface area contributed by atoms with Crippen molar-refractivity contribution in [2.24, 2.45) is 0 Å². The molecule has 1 saturated heterocycles. The number of amides is 1. The lowest BCUT2D eigenvalue weighted by Crippen LogP contribution is -2.41. The highest BCUT2D eigenvalue weighted by Gasteiger charge is 2.32. The molecule has 1 aliphatic rings. The van der Waals surface area contributed by atoms with E-state index in [0.717, 1.165) is 10.9 Å². The Labute approximate surface area is 167 Å². The van der Waals surface area contributed by atoms with Crippen LogP contribution in [0.1, 0.15) is 6.42 Å². The van der Waals surface area contributed by atoms with E-state index in [1.54, 1.807) is 29.9 Å². The number of β-amino-alcohol motifs (C(OH)–C–C–N with tert-alkyl or cyclic N) is 1. The second-order valence-corrected chi connectivity index (χ2v) is 7.16. The molecule has 0 saturated carbocycles. The van der Waals surface area contributed by atoms with Gasteiger partial charge in [0.15, 0.2) is 0 Å². The Kier molecular flexibility index (Phi) is 5.30. The second kappa shape index (κ2) is 8.04. The molecule has 9 heteroatoms. The molecule has 152 valence electrons. The molecule has 1 aliphatic heterocycles. The zero-order valence-corrected chi connectivity index (χ0v) is 16.0. The van der Waals surface area contributed by atoms with Gasteiger partial charge in [0.2, 0.25) is 5.91 Å². The van der Waals surface area contributed by atoms with Crippen molar-refractivity contribution in [3.63, 3.8) is 0 Å². The summed E-state index contributed by atoms with van der Waals surface area (Å²) >= 11 is 0. The SMILES string of the molecule is CNc1cc(N2C[C@H](O)C[C@@H]2CNC(=O)Cn2ccc3cc(F)ccc32)ncn1. The molecule has 3 N–H and O–H groups in total. The standard InChI is InChI=1S/C20H23FN6O2/c1-22-18-8-19(25-12-24-18)27-10-16(28)7-15(27)9-23-20(29)11-26-5-4-13-6-14(21)2-3-17(13)26/h2-6,8,12,15-16,28H,7,9-11H2,1H3,(H,23,29)(H,22,24,25)/t15-,16-/m1/s1. The van der Waals surface area contributed by atoms with Gasteiger partial charge in [0.05, 0.1) is 12.1 Å². The van der Waals surface area contributed by atoms with Gasteiger partial charge in [0.25, 0.3) is 0 Å². The molecule has 4 rings (SSSR count). The third kappa shape index (κ3) is 4.14. The molecule has 0 aliphatic carbocycles. The van der Waals surface area contributed by atoms with Crippen molar-refractivity contribution >= 4 is 28.4 Å². The van der Waals surface area contributed by atoms with Crippen LogP contribution in [0.25, 0.3) is 10.9 Å². The second-order valence-electron chi connectivity index (χ2n) is 7.16. The van der Waals surface area contributed by atoms with Crippen molar-refractivity contribution < 1.29 is 14.3 Å². The molecule has 0 unspecified atom stereocenters. The first-order valence-electron chi connectivity index (χ1n) is 9.49. The third-order valence-electron chi connectivity index (χ3n) is 5.18. The number of nitrogens with zero attached hydrogens (tertiary/aromatic N) is 4. The highest BCUT2D eigenvalue weighted by atomic mass is 19.1. The zero-order valence-electron chi connectivity index (χ0n) is 16.0. The van der Waals surface area contributed by atoms with Crippen LogP contribution in [0.4, 0.5) is 16.0 Å². The molecule has 1 aromatic carbocycles. The summed E-state index contributed by atoms with van der Waals surface area (Å²) in [6.45, 7) is 0.985. The molecule has 8 nitrogen and oxygen atoms in total. The van der Waals surface area contributed by atoms with Crippen LogP contribution in [0.3, 0.4) is 0 Å². The number of anilines is 2. The lowest BCUT2D eigenvalue weighted by Gasteiger charge is -2.25. The molecule has 0 spiro atoms. The van der Waals surface area contributed by atoms with Gasteiger partial charge in [-0.05, 0) is 30.7 Å². The molecule has 3 aromatic rings. The van der Waals surface area contributed by atoms with E-state index in [0.29, 0.717) is 31.1 Å². The summed E-state index contributed by atoms with van der Waals surface area (Å²) in [5.41, 5.74) is 0.806. The number of nitrogens with one attached hydrogen (secondary N) is 2. The van der Waals surface area contributed by atoms with E-state index in [2.05, 4.69) is 20.6 Å². The molecule has 3 heterocycles. The van der Waals surface area contributed by atoms with Gasteiger partial charge in [0, 0.05) is 43.3 Å². The number of hydrogen-bond donors (Lipinski definition) is 3. The number of rotatable bonds is 6. The topological polar surface area (TPSA) is 95.3 Å². The Bertz CT molecular complexity index is 1020. The van der Waals surface area contributed by atoms with Crippen LogP contribution in [0, 0.1) is 5.82 Å². The van der Waals surface area contributed by atoms with Crippen LogP contribution in [0.5, 0.6) is 0 Å². The van der Waals surface area contributed by atoms with Gasteiger partial charge in [-0.3, -0.25) is 4.79 Å². The van der Waals surface area contributed by atoms with Crippen LogP contribution < -0.4 is 15.5 Å². The van der Waals surface area contributed by atoms with Crippen molar-refractivity contribution in [3.05, 3.63) is 48.7 Å². The van der Waals surface area contributed by atoms with E-state index in [4.69, 9.17) is 0 Å². The Morgan fingerprint density at radius 1 is 1.31 bits per heavy atom. The molecule has 2 aromatic heterocycles. The van der Waals surface area contributed by atoms with Crippen molar-refractivity contribution in [3.8, 4) is 0 Å². The van der Waals surface area contributed by atoms with E-state index >= 15 is 0 Å². The maximum absolute atomic E-state index is 13.3. The third-order valence-corrected chi connectivity index (χ3v) is 5.18. The fraction of sp³-hybridized carbons (Fsp3) is 0.350. The number of aliphatic hydroxyl groups excluding tert-OH is 1. The Balaban J connectivity index is 1.40. The lowest BCUT2D eigenvalue weighted by molar-refractivity contribution is -0.121. The van der Waals surface area contributed by atoms with Gasteiger partial charge in [-0.15, -0.1) is 0 Å². The minimum absolute atomic E-state index is 0.0657. The maximum Gasteiger partial charge on any atom is 0.240 e. The van der Waals surface area contributed by atoms with E-state index in [1.165, 1.54) is 18.5 Å². The first kappa shape index (κ1) is 19.1. The Morgan fingerprint density at radius 2 is 2.17 bits per heavy atom. The van der Waals surface area contributed by atoms with Crippen molar-refractivity contribution in [1.29, 1.82) is 0 Å². The quantitative estimate of drug-likeness (QED) is 0.581. The fourth-order valence-corrected chi connectivity index (χ4v) is 3.76. The number of hydrogen-bond acceptors (Lipinski definition) is 6. The van der Waals surface area contributed by atoms with Crippen molar-refractivity contribution in [2.75, 3.05) is 30.4 Å². The van der Waals surface area contributed by atoms with Gasteiger partial charge in [-0.25, -0.2) is 14.4 Å². The largest absolute Gasteiger partial charge is 0.391 e. The summed E-state index contributed by atoms with van der Waals surface area (Å²) in [7, 11) is 1.78. The van der Waals surface area contributed by atoms with Crippen LogP contribution in [-0.2, 0) is 11.3 Å². The van der Waals surface area contributed by atoms with Crippen LogP contribution in [0.2, 0.25) is 0 Å². The maximum atomic E-state index is 13.3. The van der Waals surface area contributed by atoms with Crippen LogP contribution >= 0.6 is 0 Å². The lowest BCUT2D eigenvalue weighted by atomic mass is 10.2. The first-order chi connectivity index (χ1) is 14.0. The molecule has 1 fully saturated rings. The fourth-order valence-electron chi connectivity index (χ4n) is 3.76. The minimum atomic E-state index is -0.479. The number of carbonyl (C=O) groups excluding carboxylic acids is 1. The monoisotopic (exact) mass is 398 g/mol. The molecular weight excluding hydrogens is 375 g/mol. The number of aromatic nitrogens is 3. The molecule has 2 atom stereocenters. The summed E-state index contributed by atoms with van der Waals surface area (Å²) in [5, 5.41) is 16.8. The average Bonchev–Trinajstić information content (AvgIpc) is 3.29. The highest BCUT2D eigenvalue weighted by molar-refractivity contribution is 5.83. The number of carbonyl (C=O) groups is 1. The Morgan fingerprint density at radius 3 is 3.00 bits per heavy atom. The van der Waals surface area contributed by atoms with E-state index in [-0.39, 0.29) is 24.3 Å². The van der Waals surface area contributed by atoms with Crippen LogP contribution in [0.15, 0.2) is 42.9 Å². The molecule has 0 bridgehead atoms. The Hall–Kier alpha value is -3.20. The molecule has 1 amide bonds. The van der Waals surface area contributed by atoms with E-state index in [1.807, 2.05) is 11.0 Å².